The topological polar surface area (TPSA) is 92.1 Å². The third kappa shape index (κ3) is 1.88. The summed E-state index contributed by atoms with van der Waals surface area (Å²) >= 11 is 5.84. The van der Waals surface area contributed by atoms with Gasteiger partial charge in [0.2, 0.25) is 5.91 Å². The molecular weight excluding hydrogens is 232 g/mol. The molecule has 1 unspecified atom stereocenters. The van der Waals surface area contributed by atoms with Gasteiger partial charge in [0.25, 0.3) is 5.56 Å². The van der Waals surface area contributed by atoms with E-state index in [0.717, 1.165) is 0 Å². The van der Waals surface area contributed by atoms with Crippen LogP contribution >= 0.6 is 11.6 Å². The van der Waals surface area contributed by atoms with Crippen molar-refractivity contribution in [1.29, 1.82) is 0 Å². The summed E-state index contributed by atoms with van der Waals surface area (Å²) in [5, 5.41) is 0.0487. The Labute approximate surface area is 96.4 Å². The monoisotopic (exact) mass is 242 g/mol. The van der Waals surface area contributed by atoms with Gasteiger partial charge in [-0.2, -0.15) is 0 Å². The molecule has 7 heteroatoms. The second kappa shape index (κ2) is 4.13. The molecule has 0 spiro atoms. The summed E-state index contributed by atoms with van der Waals surface area (Å²) < 4.78 is 0. The second-order valence-corrected chi connectivity index (χ2v) is 4.08. The van der Waals surface area contributed by atoms with Crippen LogP contribution in [-0.4, -0.2) is 29.0 Å². The number of carbonyl (C=O) groups excluding carboxylic acids is 1. The summed E-state index contributed by atoms with van der Waals surface area (Å²) in [5.74, 6) is -0.116. The number of H-pyrrole nitrogens is 1. The van der Waals surface area contributed by atoms with E-state index >= 15 is 0 Å². The largest absolute Gasteiger partial charge is 0.369 e. The fourth-order valence-electron chi connectivity index (χ4n) is 1.78. The Balaban J connectivity index is 2.24. The molecule has 3 N–H and O–H groups in total. The Morgan fingerprint density at radius 1 is 1.69 bits per heavy atom. The highest BCUT2D eigenvalue weighted by Gasteiger charge is 2.28. The summed E-state index contributed by atoms with van der Waals surface area (Å²) in [6.07, 6.45) is 1.96. The van der Waals surface area contributed by atoms with Crippen molar-refractivity contribution in [2.24, 2.45) is 11.7 Å². The third-order valence-electron chi connectivity index (χ3n) is 2.67. The van der Waals surface area contributed by atoms with Crippen molar-refractivity contribution in [1.82, 2.24) is 9.97 Å². The zero-order valence-corrected chi connectivity index (χ0v) is 9.20. The maximum absolute atomic E-state index is 11.3. The Hall–Kier alpha value is -1.56. The van der Waals surface area contributed by atoms with Crippen molar-refractivity contribution in [3.8, 4) is 0 Å². The van der Waals surface area contributed by atoms with Gasteiger partial charge in [0.1, 0.15) is 5.02 Å². The van der Waals surface area contributed by atoms with Gasteiger partial charge >= 0.3 is 0 Å². The van der Waals surface area contributed by atoms with Crippen LogP contribution in [0.25, 0.3) is 0 Å². The van der Waals surface area contributed by atoms with Crippen LogP contribution in [-0.2, 0) is 4.79 Å². The summed E-state index contributed by atoms with van der Waals surface area (Å²) in [7, 11) is 0. The number of aromatic nitrogens is 2. The molecule has 86 valence electrons. The van der Waals surface area contributed by atoms with Gasteiger partial charge in [0, 0.05) is 13.1 Å². The number of amides is 1. The van der Waals surface area contributed by atoms with E-state index in [9.17, 15) is 9.59 Å². The highest BCUT2D eigenvalue weighted by Crippen LogP contribution is 2.25. The number of halogens is 1. The van der Waals surface area contributed by atoms with E-state index in [2.05, 4.69) is 9.97 Å². The minimum atomic E-state index is -0.380. The highest BCUT2D eigenvalue weighted by atomic mass is 35.5. The van der Waals surface area contributed by atoms with Gasteiger partial charge in [0.15, 0.2) is 5.82 Å². The molecule has 1 atom stereocenters. The fourth-order valence-corrected chi connectivity index (χ4v) is 2.00. The van der Waals surface area contributed by atoms with E-state index in [-0.39, 0.29) is 22.4 Å². The van der Waals surface area contributed by atoms with Gasteiger partial charge in [-0.15, -0.1) is 0 Å². The van der Waals surface area contributed by atoms with Crippen LogP contribution < -0.4 is 16.2 Å². The minimum Gasteiger partial charge on any atom is -0.369 e. The average Bonchev–Trinajstić information content (AvgIpc) is 2.71. The molecule has 0 radical (unpaired) electrons. The van der Waals surface area contributed by atoms with Crippen molar-refractivity contribution in [2.75, 3.05) is 18.0 Å². The van der Waals surface area contributed by atoms with Gasteiger partial charge in [-0.05, 0) is 6.42 Å². The van der Waals surface area contributed by atoms with Crippen molar-refractivity contribution in [3.05, 3.63) is 21.7 Å². The maximum Gasteiger partial charge on any atom is 0.271 e. The number of aromatic amines is 1. The minimum absolute atomic E-state index is 0.0487. The van der Waals surface area contributed by atoms with E-state index in [1.54, 1.807) is 4.90 Å². The number of hydrogen-bond donors (Lipinski definition) is 2. The highest BCUT2D eigenvalue weighted by molar-refractivity contribution is 6.32. The molecule has 1 fully saturated rings. The van der Waals surface area contributed by atoms with Gasteiger partial charge < -0.3 is 15.6 Å². The summed E-state index contributed by atoms with van der Waals surface area (Å²) in [6, 6.07) is 0. The molecule has 2 rings (SSSR count). The molecule has 0 aliphatic carbocycles. The molecule has 1 amide bonds. The zero-order chi connectivity index (χ0) is 11.7. The van der Waals surface area contributed by atoms with Crippen LogP contribution in [0.15, 0.2) is 11.1 Å². The Morgan fingerprint density at radius 2 is 2.44 bits per heavy atom. The number of nitrogens with one attached hydrogen (secondary N) is 1. The lowest BCUT2D eigenvalue weighted by Crippen LogP contribution is -2.28. The maximum atomic E-state index is 11.3. The van der Waals surface area contributed by atoms with E-state index in [4.69, 9.17) is 17.3 Å². The number of anilines is 1. The second-order valence-electron chi connectivity index (χ2n) is 3.70. The van der Waals surface area contributed by atoms with E-state index < -0.39 is 0 Å². The number of hydrogen-bond acceptors (Lipinski definition) is 4. The molecule has 0 aromatic carbocycles. The first-order valence-electron chi connectivity index (χ1n) is 4.87. The van der Waals surface area contributed by atoms with Crippen LogP contribution in [0.2, 0.25) is 5.02 Å². The molecule has 0 bridgehead atoms. The van der Waals surface area contributed by atoms with Crippen LogP contribution in [0.1, 0.15) is 6.42 Å². The molecule has 0 saturated carbocycles. The first-order valence-corrected chi connectivity index (χ1v) is 5.25. The molecular formula is C9H11ClN4O2. The Kier molecular flexibility index (Phi) is 2.82. The molecule has 1 aliphatic rings. The lowest BCUT2D eigenvalue weighted by molar-refractivity contribution is -0.121. The molecule has 1 aromatic heterocycles. The molecule has 1 aliphatic heterocycles. The average molecular weight is 243 g/mol. The summed E-state index contributed by atoms with van der Waals surface area (Å²) in [6.45, 7) is 1.09. The van der Waals surface area contributed by atoms with Crippen molar-refractivity contribution >= 4 is 23.3 Å². The van der Waals surface area contributed by atoms with Crippen LogP contribution in [0, 0.1) is 5.92 Å². The molecule has 1 aromatic rings. The molecule has 16 heavy (non-hydrogen) atoms. The summed E-state index contributed by atoms with van der Waals surface area (Å²) in [5.41, 5.74) is 4.84. The standard InChI is InChI=1S/C9H11ClN4O2/c10-6-8(12-4-13-9(6)16)14-2-1-5(3-14)7(11)15/h4-5H,1-3H2,(H2,11,15)(H,12,13,16). The first kappa shape index (κ1) is 10.9. The van der Waals surface area contributed by atoms with Gasteiger partial charge in [-0.3, -0.25) is 9.59 Å². The fraction of sp³-hybridized carbons (Fsp3) is 0.444. The predicted molar refractivity (Wildman–Crippen MR) is 59.4 cm³/mol. The van der Waals surface area contributed by atoms with E-state index in [1.165, 1.54) is 6.33 Å². The zero-order valence-electron chi connectivity index (χ0n) is 8.44. The van der Waals surface area contributed by atoms with Crippen molar-refractivity contribution in [3.63, 3.8) is 0 Å². The number of primary amides is 1. The lowest BCUT2D eigenvalue weighted by Gasteiger charge is -2.17. The van der Waals surface area contributed by atoms with Crippen LogP contribution in [0.3, 0.4) is 0 Å². The number of rotatable bonds is 2. The van der Waals surface area contributed by atoms with Gasteiger partial charge in [0.05, 0.1) is 12.2 Å². The molecule has 1 saturated heterocycles. The van der Waals surface area contributed by atoms with E-state index in [1.807, 2.05) is 0 Å². The van der Waals surface area contributed by atoms with Crippen molar-refractivity contribution < 1.29 is 4.79 Å². The van der Waals surface area contributed by atoms with Crippen LogP contribution in [0.5, 0.6) is 0 Å². The Bertz CT molecular complexity index is 473. The first-order chi connectivity index (χ1) is 7.59. The van der Waals surface area contributed by atoms with Gasteiger partial charge in [-0.25, -0.2) is 4.98 Å². The Morgan fingerprint density at radius 3 is 3.06 bits per heavy atom. The van der Waals surface area contributed by atoms with Crippen LogP contribution in [0.4, 0.5) is 5.82 Å². The molecule has 2 heterocycles. The third-order valence-corrected chi connectivity index (χ3v) is 3.01. The van der Waals surface area contributed by atoms with Crippen molar-refractivity contribution in [2.45, 2.75) is 6.42 Å². The smallest absolute Gasteiger partial charge is 0.271 e. The normalized spacial score (nSPS) is 20.1. The number of carbonyl (C=O) groups is 1. The predicted octanol–water partition coefficient (Wildman–Crippen LogP) is -0.265. The number of nitrogens with two attached hydrogens (primary N) is 1. The molecule has 6 nitrogen and oxygen atoms in total. The summed E-state index contributed by atoms with van der Waals surface area (Å²) in [4.78, 5) is 30.5. The van der Waals surface area contributed by atoms with E-state index in [0.29, 0.717) is 25.3 Å². The lowest BCUT2D eigenvalue weighted by atomic mass is 10.1. The SMILES string of the molecule is NC(=O)C1CCN(c2nc[nH]c(=O)c2Cl)C1. The quantitative estimate of drug-likeness (QED) is 0.747. The van der Waals surface area contributed by atoms with Gasteiger partial charge in [-0.1, -0.05) is 11.6 Å². The number of nitrogens with zero attached hydrogens (tertiary/aromatic N) is 2.